The van der Waals surface area contributed by atoms with Gasteiger partial charge < -0.3 is 41.2 Å². The maximum Gasteiger partial charge on any atom is 0.358 e. The molecule has 20 heteroatoms. The second-order valence-corrected chi connectivity index (χ2v) is 37.7. The molecule has 0 aromatic carbocycles. The molecule has 0 bridgehead atoms. The Kier molecular flexibility index (Phi) is 9.84. The van der Waals surface area contributed by atoms with Gasteiger partial charge in [-0.2, -0.15) is 0 Å². The van der Waals surface area contributed by atoms with Crippen LogP contribution in [0.2, 0.25) is 52.4 Å². The van der Waals surface area contributed by atoms with Gasteiger partial charge in [-0.1, -0.05) is 0 Å². The summed E-state index contributed by atoms with van der Waals surface area (Å²) in [5, 5.41) is 0. The van der Waals surface area contributed by atoms with E-state index in [1.165, 1.54) is 0 Å². The van der Waals surface area contributed by atoms with E-state index in [0.29, 0.717) is 0 Å². The van der Waals surface area contributed by atoms with Crippen molar-refractivity contribution in [3.8, 4) is 0 Å². The van der Waals surface area contributed by atoms with Gasteiger partial charge in [0.1, 0.15) is 0 Å². The van der Waals surface area contributed by atoms with Crippen LogP contribution in [0.25, 0.3) is 0 Å². The topological polar surface area (TPSA) is 92.3 Å². The fraction of sp³-hybridized carbons (Fsp3) is 1.00. The fourth-order valence-electron chi connectivity index (χ4n) is 3.41. The average molecular weight is 571 g/mol. The molecule has 28 heavy (non-hydrogen) atoms. The maximum atomic E-state index is 6.68. The molecular weight excluding hydrogens is 537 g/mol. The van der Waals surface area contributed by atoms with Gasteiger partial charge in [0.25, 0.3) is 49.3 Å². The molecule has 2 atom stereocenters. The Morgan fingerprint density at radius 2 is 1.04 bits per heavy atom. The van der Waals surface area contributed by atoms with Crippen LogP contribution in [0.4, 0.5) is 0 Å². The van der Waals surface area contributed by atoms with Crippen LogP contribution in [-0.4, -0.2) is 91.9 Å². The Morgan fingerprint density at radius 1 is 0.571 bits per heavy atom. The highest BCUT2D eigenvalue weighted by Gasteiger charge is 2.55. The lowest BCUT2D eigenvalue weighted by Crippen LogP contribution is -2.68. The molecule has 0 radical (unpaired) electrons. The molecule has 166 valence electrons. The third-order valence-corrected chi connectivity index (χ3v) is 38.1. The molecule has 0 spiro atoms. The maximum absolute atomic E-state index is 6.68. The summed E-state index contributed by atoms with van der Waals surface area (Å²) in [7, 11) is -18.8. The van der Waals surface area contributed by atoms with Crippen molar-refractivity contribution in [3.63, 3.8) is 0 Å². The molecule has 0 aromatic rings. The predicted molar refractivity (Wildman–Crippen MR) is 129 cm³/mol. The Bertz CT molecular complexity index is 503. The van der Waals surface area contributed by atoms with E-state index in [-0.39, 0.29) is 0 Å². The van der Waals surface area contributed by atoms with E-state index >= 15 is 0 Å². The SMILES string of the molecule is C[SiH]1O[Si](C)(C)O[Si](C)(C)O[Si](C)(C)O[Si](C)([SiH]2O[SiH2]O[SiH2]O[SiH2]O[SiH2]O2)O1. The molecule has 2 aliphatic heterocycles. The highest BCUT2D eigenvalue weighted by molar-refractivity contribution is 7.26. The van der Waals surface area contributed by atoms with Gasteiger partial charge >= 0.3 is 42.6 Å². The summed E-state index contributed by atoms with van der Waals surface area (Å²) in [6, 6.07) is 0. The molecule has 10 nitrogen and oxygen atoms in total. The van der Waals surface area contributed by atoms with Crippen molar-refractivity contribution in [2.24, 2.45) is 0 Å². The summed E-state index contributed by atoms with van der Waals surface area (Å²) >= 11 is 0. The molecule has 0 saturated carbocycles. The summed E-state index contributed by atoms with van der Waals surface area (Å²) in [6.45, 7) is 16.4. The first-order chi connectivity index (χ1) is 12.8. The minimum atomic E-state index is -2.83. The summed E-state index contributed by atoms with van der Waals surface area (Å²) in [5.74, 6) is 0. The molecular formula is C8H34O10Si10. The van der Waals surface area contributed by atoms with Crippen molar-refractivity contribution in [2.45, 2.75) is 52.4 Å². The Balaban J connectivity index is 2.29. The second kappa shape index (κ2) is 10.6. The van der Waals surface area contributed by atoms with E-state index in [9.17, 15) is 0 Å². The minimum absolute atomic E-state index is 0.983. The zero-order valence-corrected chi connectivity index (χ0v) is 30.0. The Hall–Kier alpha value is 1.77. The Morgan fingerprint density at radius 3 is 1.61 bits per heavy atom. The molecule has 0 aromatic heterocycles. The standard InChI is InChI=1S/C8H34O10Si10/c1-23-14-25(2,3)16-26(4,5)17-27(6,7)18-28(8,15-23)24-12-21-10-19-9-20-11-22-13-24/h23-24H,19-22H2,1-8H3. The van der Waals surface area contributed by atoms with Gasteiger partial charge in [0, 0.05) is 0 Å². The summed E-state index contributed by atoms with van der Waals surface area (Å²) < 4.78 is 61.5. The van der Waals surface area contributed by atoms with Crippen LogP contribution in [0.3, 0.4) is 0 Å². The van der Waals surface area contributed by atoms with Gasteiger partial charge in [-0.15, -0.1) is 0 Å². The van der Waals surface area contributed by atoms with Crippen LogP contribution in [0.5, 0.6) is 0 Å². The van der Waals surface area contributed by atoms with Gasteiger partial charge in [-0.05, 0) is 52.4 Å². The van der Waals surface area contributed by atoms with Crippen molar-refractivity contribution in [1.82, 2.24) is 0 Å². The molecule has 2 rings (SSSR count). The molecule has 2 heterocycles. The van der Waals surface area contributed by atoms with Crippen LogP contribution in [0, 0.1) is 0 Å². The smallest absolute Gasteiger partial charge is 0.358 e. The van der Waals surface area contributed by atoms with E-state index in [2.05, 4.69) is 26.2 Å². The van der Waals surface area contributed by atoms with Gasteiger partial charge in [-0.3, -0.25) is 0 Å². The minimum Gasteiger partial charge on any atom is -0.425 e. The normalized spacial score (nSPS) is 41.1. The quantitative estimate of drug-likeness (QED) is 0.315. The van der Waals surface area contributed by atoms with Crippen LogP contribution >= 0.6 is 0 Å². The van der Waals surface area contributed by atoms with Gasteiger partial charge in [-0.25, -0.2) is 0 Å². The monoisotopic (exact) mass is 570 g/mol. The molecule has 0 aliphatic carbocycles. The largest absolute Gasteiger partial charge is 0.425 e. The van der Waals surface area contributed by atoms with Crippen molar-refractivity contribution in [3.05, 3.63) is 0 Å². The van der Waals surface area contributed by atoms with Crippen molar-refractivity contribution >= 4 is 91.9 Å². The predicted octanol–water partition coefficient (Wildman–Crippen LogP) is -2.50. The molecule has 2 saturated heterocycles. The summed E-state index contributed by atoms with van der Waals surface area (Å²) in [4.78, 5) is 0. The number of hydrogen-bond acceptors (Lipinski definition) is 10. The van der Waals surface area contributed by atoms with Gasteiger partial charge in [0.05, 0.1) is 0 Å². The van der Waals surface area contributed by atoms with Crippen LogP contribution < -0.4 is 0 Å². The molecule has 2 unspecified atom stereocenters. The van der Waals surface area contributed by atoms with Crippen molar-refractivity contribution in [1.29, 1.82) is 0 Å². The number of hydrogen-bond donors (Lipinski definition) is 0. The molecule has 2 fully saturated rings. The summed E-state index contributed by atoms with van der Waals surface area (Å²) in [6.07, 6.45) is 0. The third kappa shape index (κ3) is 8.72. The first-order valence-electron chi connectivity index (χ1n) is 9.25. The van der Waals surface area contributed by atoms with E-state index in [1.807, 2.05) is 26.2 Å². The zero-order valence-electron chi connectivity index (χ0n) is 18.1. The van der Waals surface area contributed by atoms with E-state index in [1.54, 1.807) is 0 Å². The fourth-order valence-corrected chi connectivity index (χ4v) is 50.3. The van der Waals surface area contributed by atoms with E-state index in [4.69, 9.17) is 41.2 Å². The number of rotatable bonds is 1. The van der Waals surface area contributed by atoms with E-state index in [0.717, 1.165) is 0 Å². The molecule has 0 amide bonds. The lowest BCUT2D eigenvalue weighted by Gasteiger charge is -2.45. The zero-order chi connectivity index (χ0) is 21.1. The van der Waals surface area contributed by atoms with Crippen LogP contribution in [0.1, 0.15) is 0 Å². The highest BCUT2D eigenvalue weighted by atomic mass is 29.3. The first kappa shape index (κ1) is 26.0. The highest BCUT2D eigenvalue weighted by Crippen LogP contribution is 2.29. The van der Waals surface area contributed by atoms with Crippen LogP contribution in [-0.2, 0) is 41.2 Å². The first-order valence-corrected chi connectivity index (χ1v) is 29.5. The third-order valence-electron chi connectivity index (χ3n) is 3.65. The van der Waals surface area contributed by atoms with Gasteiger partial charge in [0.2, 0.25) is 0 Å². The molecule has 2 aliphatic rings. The van der Waals surface area contributed by atoms with Crippen molar-refractivity contribution in [2.75, 3.05) is 0 Å². The lowest BCUT2D eigenvalue weighted by atomic mass is 11.9. The summed E-state index contributed by atoms with van der Waals surface area (Å²) in [5.41, 5.74) is 0. The van der Waals surface area contributed by atoms with Crippen LogP contribution in [0.15, 0.2) is 0 Å². The Labute approximate surface area is 184 Å². The van der Waals surface area contributed by atoms with Gasteiger partial charge in [0.15, 0.2) is 0 Å². The molecule has 0 N–H and O–H groups in total. The lowest BCUT2D eigenvalue weighted by molar-refractivity contribution is 0.245. The second-order valence-electron chi connectivity index (χ2n) is 8.07. The van der Waals surface area contributed by atoms with Crippen molar-refractivity contribution < 1.29 is 41.2 Å². The average Bonchev–Trinajstić information content (AvgIpc) is 2.47. The van der Waals surface area contributed by atoms with E-state index < -0.39 is 91.9 Å².